The fourth-order valence-corrected chi connectivity index (χ4v) is 3.09. The molecule has 0 unspecified atom stereocenters. The molecule has 0 saturated heterocycles. The van der Waals surface area contributed by atoms with Crippen molar-refractivity contribution in [3.63, 3.8) is 0 Å². The molecule has 1 amide bonds. The molecular formula is C19H21FN2O. The molecule has 0 atom stereocenters. The third-order valence-electron chi connectivity index (χ3n) is 4.67. The number of rotatable bonds is 4. The fourth-order valence-electron chi connectivity index (χ4n) is 3.09. The molecule has 2 aromatic carbocycles. The molecule has 1 aliphatic rings. The van der Waals surface area contributed by atoms with Crippen LogP contribution in [-0.4, -0.2) is 20.0 Å². The van der Waals surface area contributed by atoms with Gasteiger partial charge in [0.1, 0.15) is 5.82 Å². The second kappa shape index (κ2) is 6.03. The molecule has 3 nitrogen and oxygen atoms in total. The molecule has 1 aliphatic carbocycles. The number of halogens is 1. The van der Waals surface area contributed by atoms with Crippen molar-refractivity contribution in [3.05, 3.63) is 59.9 Å². The maximum atomic E-state index is 14.2. The second-order valence-electron chi connectivity index (χ2n) is 6.31. The number of hydrogen-bond donors (Lipinski definition) is 1. The molecule has 1 saturated carbocycles. The van der Waals surface area contributed by atoms with Gasteiger partial charge in [-0.2, -0.15) is 0 Å². The maximum Gasteiger partial charge on any atom is 0.235 e. The summed E-state index contributed by atoms with van der Waals surface area (Å²) in [4.78, 5) is 14.8. The lowest BCUT2D eigenvalue weighted by Crippen LogP contribution is -2.46. The lowest BCUT2D eigenvalue weighted by Gasteiger charge is -2.40. The van der Waals surface area contributed by atoms with E-state index in [9.17, 15) is 9.18 Å². The molecule has 0 radical (unpaired) electrons. The minimum Gasteiger partial charge on any atom is -0.378 e. The first-order chi connectivity index (χ1) is 11.0. The zero-order valence-corrected chi connectivity index (χ0v) is 13.5. The van der Waals surface area contributed by atoms with Crippen molar-refractivity contribution in [1.29, 1.82) is 0 Å². The van der Waals surface area contributed by atoms with Gasteiger partial charge in [0.25, 0.3) is 0 Å². The average Bonchev–Trinajstić information content (AvgIpc) is 2.48. The highest BCUT2D eigenvalue weighted by Gasteiger charge is 2.47. The van der Waals surface area contributed by atoms with Gasteiger partial charge in [-0.3, -0.25) is 4.79 Å². The zero-order valence-electron chi connectivity index (χ0n) is 13.5. The van der Waals surface area contributed by atoms with Gasteiger partial charge in [0.15, 0.2) is 0 Å². The summed E-state index contributed by atoms with van der Waals surface area (Å²) >= 11 is 0. The van der Waals surface area contributed by atoms with Crippen molar-refractivity contribution in [2.24, 2.45) is 0 Å². The second-order valence-corrected chi connectivity index (χ2v) is 6.31. The van der Waals surface area contributed by atoms with Gasteiger partial charge in [-0.1, -0.05) is 24.6 Å². The molecule has 23 heavy (non-hydrogen) atoms. The van der Waals surface area contributed by atoms with Crippen molar-refractivity contribution >= 4 is 17.3 Å². The molecule has 1 fully saturated rings. The Morgan fingerprint density at radius 3 is 2.26 bits per heavy atom. The van der Waals surface area contributed by atoms with Crippen LogP contribution < -0.4 is 10.2 Å². The van der Waals surface area contributed by atoms with Crippen LogP contribution in [0.2, 0.25) is 0 Å². The Hall–Kier alpha value is -2.36. The number of nitrogens with zero attached hydrogens (tertiary/aromatic N) is 1. The van der Waals surface area contributed by atoms with Gasteiger partial charge in [0, 0.05) is 31.0 Å². The quantitative estimate of drug-likeness (QED) is 0.927. The van der Waals surface area contributed by atoms with Crippen LogP contribution in [0.25, 0.3) is 0 Å². The number of amides is 1. The first-order valence-electron chi connectivity index (χ1n) is 7.87. The standard InChI is InChI=1S/C19H21FN2O/c1-22(2)15-10-8-14(9-11-15)21-18(23)19(12-5-13-19)16-6-3-4-7-17(16)20/h3-4,6-11H,5,12-13H2,1-2H3,(H,21,23). The van der Waals surface area contributed by atoms with Crippen LogP contribution in [0.1, 0.15) is 24.8 Å². The van der Waals surface area contributed by atoms with Crippen LogP contribution in [-0.2, 0) is 10.2 Å². The van der Waals surface area contributed by atoms with Crippen molar-refractivity contribution < 1.29 is 9.18 Å². The predicted molar refractivity (Wildman–Crippen MR) is 91.3 cm³/mol. The minimum atomic E-state index is -0.731. The zero-order chi connectivity index (χ0) is 16.4. The largest absolute Gasteiger partial charge is 0.378 e. The van der Waals surface area contributed by atoms with Gasteiger partial charge < -0.3 is 10.2 Å². The lowest BCUT2D eigenvalue weighted by atomic mass is 9.63. The Bertz CT molecular complexity index is 706. The van der Waals surface area contributed by atoms with E-state index >= 15 is 0 Å². The van der Waals surface area contributed by atoms with Crippen LogP contribution in [0.15, 0.2) is 48.5 Å². The van der Waals surface area contributed by atoms with E-state index < -0.39 is 5.41 Å². The molecule has 0 aliphatic heterocycles. The molecular weight excluding hydrogens is 291 g/mol. The van der Waals surface area contributed by atoms with E-state index in [4.69, 9.17) is 0 Å². The van der Waals surface area contributed by atoms with E-state index in [2.05, 4.69) is 5.32 Å². The van der Waals surface area contributed by atoms with Crippen molar-refractivity contribution in [1.82, 2.24) is 0 Å². The van der Waals surface area contributed by atoms with Gasteiger partial charge in [-0.15, -0.1) is 0 Å². The summed E-state index contributed by atoms with van der Waals surface area (Å²) in [5.74, 6) is -0.420. The highest BCUT2D eigenvalue weighted by atomic mass is 19.1. The SMILES string of the molecule is CN(C)c1ccc(NC(=O)C2(c3ccccc3F)CCC2)cc1. The molecule has 1 N–H and O–H groups in total. The van der Waals surface area contributed by atoms with E-state index in [0.717, 1.165) is 17.8 Å². The number of nitrogens with one attached hydrogen (secondary N) is 1. The van der Waals surface area contributed by atoms with Crippen molar-refractivity contribution in [2.75, 3.05) is 24.3 Å². The van der Waals surface area contributed by atoms with E-state index in [-0.39, 0.29) is 11.7 Å². The van der Waals surface area contributed by atoms with Gasteiger partial charge >= 0.3 is 0 Å². The van der Waals surface area contributed by atoms with Crippen LogP contribution in [0, 0.1) is 5.82 Å². The van der Waals surface area contributed by atoms with Gasteiger partial charge in [0.05, 0.1) is 5.41 Å². The predicted octanol–water partition coefficient (Wildman–Crippen LogP) is 3.95. The molecule has 120 valence electrons. The smallest absolute Gasteiger partial charge is 0.235 e. The van der Waals surface area contributed by atoms with Crippen molar-refractivity contribution in [3.8, 4) is 0 Å². The Labute approximate surface area is 136 Å². The minimum absolute atomic E-state index is 0.119. The van der Waals surface area contributed by atoms with Crippen LogP contribution >= 0.6 is 0 Å². The summed E-state index contributed by atoms with van der Waals surface area (Å²) in [6.45, 7) is 0. The number of carbonyl (C=O) groups excluding carboxylic acids is 1. The summed E-state index contributed by atoms with van der Waals surface area (Å²) < 4.78 is 14.2. The Morgan fingerprint density at radius 2 is 1.74 bits per heavy atom. The van der Waals surface area contributed by atoms with E-state index in [1.54, 1.807) is 18.2 Å². The Balaban J connectivity index is 1.82. The molecule has 0 aromatic heterocycles. The molecule has 0 heterocycles. The van der Waals surface area contributed by atoms with E-state index in [0.29, 0.717) is 18.4 Å². The summed E-state index contributed by atoms with van der Waals surface area (Å²) in [6.07, 6.45) is 2.33. The van der Waals surface area contributed by atoms with E-state index in [1.165, 1.54) is 6.07 Å². The Kier molecular flexibility index (Phi) is 4.07. The summed E-state index contributed by atoms with van der Waals surface area (Å²) in [5.41, 5.74) is 1.58. The molecule has 0 bridgehead atoms. The van der Waals surface area contributed by atoms with Crippen LogP contribution in [0.4, 0.5) is 15.8 Å². The summed E-state index contributed by atoms with van der Waals surface area (Å²) in [5, 5.41) is 2.95. The van der Waals surface area contributed by atoms with Gasteiger partial charge in [-0.25, -0.2) is 4.39 Å². The fraction of sp³-hybridized carbons (Fsp3) is 0.316. The van der Waals surface area contributed by atoms with E-state index in [1.807, 2.05) is 43.3 Å². The molecule has 4 heteroatoms. The third-order valence-corrected chi connectivity index (χ3v) is 4.67. The summed E-state index contributed by atoms with van der Waals surface area (Å²) in [7, 11) is 3.93. The number of carbonyl (C=O) groups is 1. The normalized spacial score (nSPS) is 15.6. The molecule has 2 aromatic rings. The third kappa shape index (κ3) is 2.81. The molecule has 0 spiro atoms. The maximum absolute atomic E-state index is 14.2. The topological polar surface area (TPSA) is 32.3 Å². The van der Waals surface area contributed by atoms with Crippen molar-refractivity contribution in [2.45, 2.75) is 24.7 Å². The average molecular weight is 312 g/mol. The molecule has 3 rings (SSSR count). The lowest BCUT2D eigenvalue weighted by molar-refractivity contribution is -0.124. The van der Waals surface area contributed by atoms with Gasteiger partial charge in [-0.05, 0) is 43.2 Å². The van der Waals surface area contributed by atoms with Crippen LogP contribution in [0.5, 0.6) is 0 Å². The first kappa shape index (κ1) is 15.5. The summed E-state index contributed by atoms with van der Waals surface area (Å²) in [6, 6.07) is 14.2. The highest BCUT2D eigenvalue weighted by Crippen LogP contribution is 2.45. The Morgan fingerprint density at radius 1 is 1.09 bits per heavy atom. The van der Waals surface area contributed by atoms with Crippen LogP contribution in [0.3, 0.4) is 0 Å². The monoisotopic (exact) mass is 312 g/mol. The highest BCUT2D eigenvalue weighted by molar-refractivity contribution is 6.00. The number of hydrogen-bond acceptors (Lipinski definition) is 2. The first-order valence-corrected chi connectivity index (χ1v) is 7.87. The van der Waals surface area contributed by atoms with Gasteiger partial charge in [0.2, 0.25) is 5.91 Å². The number of anilines is 2. The number of benzene rings is 2.